The van der Waals surface area contributed by atoms with Crippen LogP contribution in [0.4, 0.5) is 5.69 Å². The zero-order valence-corrected chi connectivity index (χ0v) is 9.09. The van der Waals surface area contributed by atoms with Gasteiger partial charge in [-0.2, -0.15) is 6.07 Å². The number of nitrogens with zero attached hydrogens (tertiary/aromatic N) is 1. The van der Waals surface area contributed by atoms with Crippen molar-refractivity contribution in [3.63, 3.8) is 0 Å². The van der Waals surface area contributed by atoms with Crippen LogP contribution in [0.5, 0.6) is 0 Å². The van der Waals surface area contributed by atoms with Crippen LogP contribution >= 0.6 is 0 Å². The summed E-state index contributed by atoms with van der Waals surface area (Å²) in [6.07, 6.45) is 3.65. The maximum atomic E-state index is 10.5. The van der Waals surface area contributed by atoms with Crippen LogP contribution in [-0.2, 0) is 4.79 Å². The summed E-state index contributed by atoms with van der Waals surface area (Å²) >= 11 is 0. The van der Waals surface area contributed by atoms with E-state index in [0.717, 1.165) is 16.8 Å². The van der Waals surface area contributed by atoms with Crippen LogP contribution in [-0.4, -0.2) is 12.5 Å². The van der Waals surface area contributed by atoms with Crippen molar-refractivity contribution in [2.45, 2.75) is 20.8 Å². The summed E-state index contributed by atoms with van der Waals surface area (Å²) in [5.41, 5.74) is 3.45. The van der Waals surface area contributed by atoms with Gasteiger partial charge in [-0.1, -0.05) is 18.6 Å². The third-order valence-corrected chi connectivity index (χ3v) is 1.92. The summed E-state index contributed by atoms with van der Waals surface area (Å²) in [5, 5.41) is 0. The molecular formula is C11H12LiNO. The topological polar surface area (TPSA) is 29.4 Å². The first-order chi connectivity index (χ1) is 6.19. The Bertz CT molecular complexity index is 359. The maximum absolute atomic E-state index is 10.5. The second kappa shape index (κ2) is 5.80. The molecule has 3 heteroatoms. The first-order valence-corrected chi connectivity index (χ1v) is 4.17. The predicted molar refractivity (Wildman–Crippen MR) is 54.5 cm³/mol. The Morgan fingerprint density at radius 3 is 2.43 bits per heavy atom. The van der Waals surface area contributed by atoms with Crippen molar-refractivity contribution < 1.29 is 23.7 Å². The summed E-state index contributed by atoms with van der Waals surface area (Å²) in [6.45, 7) is 5.69. The predicted octanol–water partition coefficient (Wildman–Crippen LogP) is -0.513. The SMILES string of the molecule is CC=Nc1cc(C)c([C-]=O)cc1C.[Li+]. The molecule has 2 nitrogen and oxygen atoms in total. The Kier molecular flexibility index (Phi) is 5.45. The quantitative estimate of drug-likeness (QED) is 0.343. The van der Waals surface area contributed by atoms with Crippen molar-refractivity contribution in [2.75, 3.05) is 0 Å². The molecule has 0 aliphatic rings. The zero-order chi connectivity index (χ0) is 9.84. The number of hydrogen-bond acceptors (Lipinski definition) is 2. The molecule has 0 saturated carbocycles. The minimum absolute atomic E-state index is 0. The van der Waals surface area contributed by atoms with Gasteiger partial charge in [0.1, 0.15) is 0 Å². The summed E-state index contributed by atoms with van der Waals surface area (Å²) in [6, 6.07) is 3.71. The van der Waals surface area contributed by atoms with Crippen LogP contribution in [0.1, 0.15) is 23.6 Å². The van der Waals surface area contributed by atoms with Crippen LogP contribution < -0.4 is 18.9 Å². The Morgan fingerprint density at radius 1 is 1.29 bits per heavy atom. The van der Waals surface area contributed by atoms with E-state index in [4.69, 9.17) is 0 Å². The van der Waals surface area contributed by atoms with Crippen molar-refractivity contribution in [3.8, 4) is 0 Å². The molecule has 0 bridgehead atoms. The molecule has 0 fully saturated rings. The summed E-state index contributed by atoms with van der Waals surface area (Å²) in [4.78, 5) is 14.7. The normalized spacial score (nSPS) is 9.93. The molecule has 0 aromatic heterocycles. The maximum Gasteiger partial charge on any atom is 1.00 e. The standard InChI is InChI=1S/C11H12NO.Li/c1-4-12-11-6-8(2)10(7-13)5-9(11)3;/h4-6H,1-3H3;/q-1;+1. The average molecular weight is 181 g/mol. The molecule has 1 aromatic carbocycles. The van der Waals surface area contributed by atoms with Crippen LogP contribution in [0.15, 0.2) is 17.1 Å². The van der Waals surface area contributed by atoms with Crippen LogP contribution in [0.3, 0.4) is 0 Å². The molecule has 0 aliphatic heterocycles. The number of aliphatic imine (C=N–C) groups is 1. The van der Waals surface area contributed by atoms with Gasteiger partial charge in [0.2, 0.25) is 0 Å². The van der Waals surface area contributed by atoms with Crippen LogP contribution in [0, 0.1) is 13.8 Å². The van der Waals surface area contributed by atoms with E-state index in [9.17, 15) is 4.79 Å². The monoisotopic (exact) mass is 181 g/mol. The molecule has 0 unspecified atom stereocenters. The van der Waals surface area contributed by atoms with Gasteiger partial charge in [0.05, 0.1) is 6.29 Å². The molecule has 0 atom stereocenters. The van der Waals surface area contributed by atoms with Crippen LogP contribution in [0.25, 0.3) is 0 Å². The van der Waals surface area contributed by atoms with E-state index in [1.54, 1.807) is 6.21 Å². The number of carbonyl (C=O) groups excluding carboxylic acids is 1. The van der Waals surface area contributed by atoms with Gasteiger partial charge in [0.15, 0.2) is 0 Å². The van der Waals surface area contributed by atoms with Crippen LogP contribution in [0.2, 0.25) is 0 Å². The first kappa shape index (κ1) is 13.2. The van der Waals surface area contributed by atoms with Crippen molar-refractivity contribution in [2.24, 2.45) is 4.99 Å². The molecule has 14 heavy (non-hydrogen) atoms. The number of rotatable bonds is 2. The summed E-state index contributed by atoms with van der Waals surface area (Å²) in [7, 11) is 0. The average Bonchev–Trinajstić information content (AvgIpc) is 2.11. The van der Waals surface area contributed by atoms with E-state index in [1.165, 1.54) is 0 Å². The molecule has 0 N–H and O–H groups in total. The first-order valence-electron chi connectivity index (χ1n) is 4.17. The Morgan fingerprint density at radius 2 is 1.93 bits per heavy atom. The van der Waals surface area contributed by atoms with E-state index in [2.05, 4.69) is 4.99 Å². The van der Waals surface area contributed by atoms with Gasteiger partial charge < -0.3 is 4.79 Å². The van der Waals surface area contributed by atoms with Gasteiger partial charge in [-0.05, 0) is 13.8 Å². The minimum atomic E-state index is 0. The molecule has 0 spiro atoms. The van der Waals surface area contributed by atoms with E-state index in [1.807, 2.05) is 39.2 Å². The Hall–Kier alpha value is -0.843. The number of hydrogen-bond donors (Lipinski definition) is 0. The fourth-order valence-electron chi connectivity index (χ4n) is 1.19. The summed E-state index contributed by atoms with van der Waals surface area (Å²) < 4.78 is 0. The largest absolute Gasteiger partial charge is 1.00 e. The third-order valence-electron chi connectivity index (χ3n) is 1.92. The molecule has 1 rings (SSSR count). The van der Waals surface area contributed by atoms with E-state index in [0.29, 0.717) is 5.56 Å². The minimum Gasteiger partial charge on any atom is -0.376 e. The molecule has 0 aliphatic carbocycles. The van der Waals surface area contributed by atoms with Gasteiger partial charge in [-0.3, -0.25) is 4.99 Å². The molecule has 1 aromatic rings. The second-order valence-corrected chi connectivity index (χ2v) is 2.94. The van der Waals surface area contributed by atoms with E-state index >= 15 is 0 Å². The van der Waals surface area contributed by atoms with Gasteiger partial charge >= 0.3 is 18.9 Å². The number of benzene rings is 1. The van der Waals surface area contributed by atoms with Crippen molar-refractivity contribution in [1.82, 2.24) is 0 Å². The Labute approximate surface area is 96.6 Å². The van der Waals surface area contributed by atoms with Crippen molar-refractivity contribution in [1.29, 1.82) is 0 Å². The Balaban J connectivity index is 0.00000169. The fourth-order valence-corrected chi connectivity index (χ4v) is 1.19. The number of aryl methyl sites for hydroxylation is 2. The summed E-state index contributed by atoms with van der Waals surface area (Å²) in [5.74, 6) is 0. The third kappa shape index (κ3) is 2.83. The molecule has 0 saturated heterocycles. The molecular weight excluding hydrogens is 169 g/mol. The molecule has 0 amide bonds. The molecule has 0 heterocycles. The fraction of sp³-hybridized carbons (Fsp3) is 0.273. The van der Waals surface area contributed by atoms with Crippen molar-refractivity contribution >= 4 is 18.2 Å². The van der Waals surface area contributed by atoms with Gasteiger partial charge in [-0.15, -0.1) is 11.1 Å². The van der Waals surface area contributed by atoms with Crippen molar-refractivity contribution in [3.05, 3.63) is 28.8 Å². The van der Waals surface area contributed by atoms with Gasteiger partial charge in [-0.25, -0.2) is 0 Å². The van der Waals surface area contributed by atoms with E-state index < -0.39 is 0 Å². The van der Waals surface area contributed by atoms with Gasteiger partial charge in [0, 0.05) is 11.9 Å². The van der Waals surface area contributed by atoms with Gasteiger partial charge in [0.25, 0.3) is 0 Å². The zero-order valence-electron chi connectivity index (χ0n) is 9.09. The molecule has 0 radical (unpaired) electrons. The second-order valence-electron chi connectivity index (χ2n) is 2.94. The molecule has 68 valence electrons. The van der Waals surface area contributed by atoms with E-state index in [-0.39, 0.29) is 18.9 Å². The smallest absolute Gasteiger partial charge is 0.376 e.